The highest BCUT2D eigenvalue weighted by Crippen LogP contribution is 1.68. The minimum Gasteiger partial charge on any atom is -0.394 e. The van der Waals surface area contributed by atoms with E-state index in [2.05, 4.69) is 4.74 Å². The van der Waals surface area contributed by atoms with Crippen LogP contribution >= 0.6 is 0 Å². The minimum atomic E-state index is -2.48. The predicted molar refractivity (Wildman–Crippen MR) is 25.0 cm³/mol. The van der Waals surface area contributed by atoms with Crippen molar-refractivity contribution in [1.82, 2.24) is 0 Å². The highest BCUT2D eigenvalue weighted by molar-refractivity contribution is 4.24. The van der Waals surface area contributed by atoms with Crippen LogP contribution in [0.5, 0.6) is 0 Å². The van der Waals surface area contributed by atoms with Gasteiger partial charge in [0.25, 0.3) is 0 Å². The number of ether oxygens (including phenoxy) is 1. The van der Waals surface area contributed by atoms with Crippen molar-refractivity contribution in [1.29, 1.82) is 0 Å². The van der Waals surface area contributed by atoms with E-state index in [0.29, 0.717) is 0 Å². The number of rotatable bonds is 4. The average Bonchev–Trinajstić information content (AvgIpc) is 1.55. The molecule has 3 nitrogen and oxygen atoms in total. The van der Waals surface area contributed by atoms with Crippen molar-refractivity contribution in [2.24, 2.45) is 0 Å². The third kappa shape index (κ3) is 5.88. The van der Waals surface area contributed by atoms with Crippen molar-refractivity contribution < 1.29 is 20.4 Å². The molecule has 0 atom stereocenters. The topological polar surface area (TPSA) is 49.7 Å². The zero-order valence-electron chi connectivity index (χ0n) is 7.72. The fraction of sp³-hybridized carbons (Fsp3) is 1.00. The Morgan fingerprint density at radius 1 is 1.29 bits per heavy atom. The number of hydrogen-bond donors (Lipinski definition) is 2. The van der Waals surface area contributed by atoms with Crippen LogP contribution in [0.4, 0.5) is 0 Å². The van der Waals surface area contributed by atoms with Gasteiger partial charge in [-0.2, -0.15) is 0 Å². The van der Waals surface area contributed by atoms with Crippen LogP contribution in [-0.2, 0) is 4.74 Å². The highest BCUT2D eigenvalue weighted by atomic mass is 16.5. The van der Waals surface area contributed by atoms with Gasteiger partial charge in [-0.3, -0.25) is 0 Å². The Morgan fingerprint density at radius 3 is 2.00 bits per heavy atom. The van der Waals surface area contributed by atoms with Gasteiger partial charge in [-0.1, -0.05) is 0 Å². The molecule has 0 aliphatic carbocycles. The molecular formula is C4H10O3. The van der Waals surface area contributed by atoms with Crippen molar-refractivity contribution in [3.05, 3.63) is 0 Å². The summed E-state index contributed by atoms with van der Waals surface area (Å²) < 4.78 is 30.4. The van der Waals surface area contributed by atoms with Crippen LogP contribution in [0.25, 0.3) is 0 Å². The van der Waals surface area contributed by atoms with Crippen LogP contribution < -0.4 is 0 Å². The summed E-state index contributed by atoms with van der Waals surface area (Å²) in [5, 5.41) is 16.8. The van der Waals surface area contributed by atoms with Crippen molar-refractivity contribution >= 4 is 0 Å². The summed E-state index contributed by atoms with van der Waals surface area (Å²) in [5.41, 5.74) is 0. The number of hydrogen-bond acceptors (Lipinski definition) is 3. The van der Waals surface area contributed by atoms with E-state index >= 15 is 0 Å². The molecule has 2 N–H and O–H groups in total. The predicted octanol–water partition coefficient (Wildman–Crippen LogP) is -1.01. The van der Waals surface area contributed by atoms with E-state index in [4.69, 9.17) is 15.7 Å². The maximum atomic E-state index is 8.42. The van der Waals surface area contributed by atoms with E-state index in [1.807, 2.05) is 0 Å². The normalized spacial score (nSPS) is 22.0. The van der Waals surface area contributed by atoms with Gasteiger partial charge in [0, 0.05) is 0 Å². The lowest BCUT2D eigenvalue weighted by Gasteiger charge is -1.94. The van der Waals surface area contributed by atoms with E-state index in [1.165, 1.54) is 0 Å². The maximum absolute atomic E-state index is 8.42. The summed E-state index contributed by atoms with van der Waals surface area (Å²) >= 11 is 0. The molecule has 0 bridgehead atoms. The van der Waals surface area contributed by atoms with Crippen LogP contribution in [0, 0.1) is 0 Å². The fourth-order valence-electron chi connectivity index (χ4n) is 0.142. The summed E-state index contributed by atoms with van der Waals surface area (Å²) in [6.45, 7) is -6.28. The first-order valence-corrected chi connectivity index (χ1v) is 1.73. The molecule has 0 unspecified atom stereocenters. The molecule has 0 aliphatic heterocycles. The van der Waals surface area contributed by atoms with Gasteiger partial charge in [-0.15, -0.1) is 0 Å². The van der Waals surface area contributed by atoms with E-state index in [9.17, 15) is 0 Å². The summed E-state index contributed by atoms with van der Waals surface area (Å²) in [6, 6.07) is 0. The molecule has 7 heavy (non-hydrogen) atoms. The summed E-state index contributed by atoms with van der Waals surface area (Å²) in [4.78, 5) is 0. The standard InChI is InChI=1S/C4H10O3/c5-1-3-7-4-2-6/h5-6H,1-4H2/i1D2,2D2. The molecule has 3 heteroatoms. The molecule has 44 valence electrons. The molecule has 0 rings (SSSR count). The van der Waals surface area contributed by atoms with Gasteiger partial charge >= 0.3 is 0 Å². The lowest BCUT2D eigenvalue weighted by molar-refractivity contribution is 0.0650. The van der Waals surface area contributed by atoms with Crippen molar-refractivity contribution in [3.8, 4) is 0 Å². The first-order chi connectivity index (χ1) is 4.71. The average molecular weight is 110 g/mol. The van der Waals surface area contributed by atoms with Crippen molar-refractivity contribution in [2.45, 2.75) is 0 Å². The maximum Gasteiger partial charge on any atom is 0.0698 e. The van der Waals surface area contributed by atoms with Crippen molar-refractivity contribution in [3.63, 3.8) is 0 Å². The van der Waals surface area contributed by atoms with Gasteiger partial charge in [0.1, 0.15) is 0 Å². The van der Waals surface area contributed by atoms with Crippen LogP contribution in [0.1, 0.15) is 5.48 Å². The Balaban J connectivity index is 3.44. The van der Waals surface area contributed by atoms with E-state index in [-0.39, 0.29) is 0 Å². The van der Waals surface area contributed by atoms with Gasteiger partial charge in [0.05, 0.1) is 31.8 Å². The number of aliphatic hydroxyl groups is 2. The lowest BCUT2D eigenvalue weighted by Crippen LogP contribution is -2.03. The summed E-state index contributed by atoms with van der Waals surface area (Å²) in [7, 11) is 0. The van der Waals surface area contributed by atoms with Gasteiger partial charge in [0.2, 0.25) is 0 Å². The Hall–Kier alpha value is -0.120. The molecule has 0 aromatic carbocycles. The third-order valence-electron chi connectivity index (χ3n) is 0.333. The lowest BCUT2D eigenvalue weighted by atomic mass is 10.7. The second kappa shape index (κ2) is 5.88. The molecule has 0 heterocycles. The second-order valence-electron chi connectivity index (χ2n) is 0.809. The minimum absolute atomic E-state index is 0.660. The molecule has 0 spiro atoms. The largest absolute Gasteiger partial charge is 0.394 e. The molecule has 0 saturated carbocycles. The molecule has 0 aliphatic rings. The molecule has 0 radical (unpaired) electrons. The fourth-order valence-corrected chi connectivity index (χ4v) is 0.142. The Kier molecular flexibility index (Phi) is 2.05. The first-order valence-electron chi connectivity index (χ1n) is 3.73. The van der Waals surface area contributed by atoms with Crippen LogP contribution in [0.15, 0.2) is 0 Å². The Bertz CT molecular complexity index is 101. The van der Waals surface area contributed by atoms with E-state index in [0.717, 1.165) is 0 Å². The monoisotopic (exact) mass is 110 g/mol. The zero-order valence-corrected chi connectivity index (χ0v) is 3.72. The SMILES string of the molecule is [2H]C([2H])(O)COCC([2H])([2H])O. The van der Waals surface area contributed by atoms with Gasteiger partial charge in [0.15, 0.2) is 0 Å². The molecule has 0 aromatic heterocycles. The summed E-state index contributed by atoms with van der Waals surface area (Å²) in [5.74, 6) is 0. The van der Waals surface area contributed by atoms with Gasteiger partial charge in [-0.25, -0.2) is 0 Å². The molecule has 0 fully saturated rings. The first kappa shape index (κ1) is 2.44. The highest BCUT2D eigenvalue weighted by Gasteiger charge is 1.79. The molecule has 0 saturated heterocycles. The van der Waals surface area contributed by atoms with Gasteiger partial charge in [-0.05, 0) is 0 Å². The molecular weight excluding hydrogens is 96.0 g/mol. The van der Waals surface area contributed by atoms with E-state index in [1.54, 1.807) is 0 Å². The van der Waals surface area contributed by atoms with Crippen LogP contribution in [0.3, 0.4) is 0 Å². The van der Waals surface area contributed by atoms with Crippen molar-refractivity contribution in [2.75, 3.05) is 26.3 Å². The zero-order chi connectivity index (χ0) is 9.12. The molecule has 0 aromatic rings. The van der Waals surface area contributed by atoms with Crippen LogP contribution in [-0.4, -0.2) is 36.5 Å². The Labute approximate surface area is 48.2 Å². The summed E-state index contributed by atoms with van der Waals surface area (Å²) in [6.07, 6.45) is 0. The van der Waals surface area contributed by atoms with Gasteiger partial charge < -0.3 is 14.9 Å². The third-order valence-corrected chi connectivity index (χ3v) is 0.333. The second-order valence-corrected chi connectivity index (χ2v) is 0.809. The Morgan fingerprint density at radius 2 is 1.71 bits per heavy atom. The van der Waals surface area contributed by atoms with E-state index < -0.39 is 26.3 Å². The molecule has 0 amide bonds. The quantitative estimate of drug-likeness (QED) is 0.487. The van der Waals surface area contributed by atoms with Crippen LogP contribution in [0.2, 0.25) is 0 Å². The smallest absolute Gasteiger partial charge is 0.0698 e.